The van der Waals surface area contributed by atoms with Crippen LogP contribution in [0.4, 0.5) is 0 Å². The van der Waals surface area contributed by atoms with Crippen LogP contribution in [0.1, 0.15) is 12.5 Å². The van der Waals surface area contributed by atoms with E-state index >= 15 is 0 Å². The number of rotatable bonds is 5. The van der Waals surface area contributed by atoms with Crippen LogP contribution in [-0.4, -0.2) is 27.4 Å². The van der Waals surface area contributed by atoms with Crippen molar-refractivity contribution >= 4 is 26.0 Å². The first-order valence-electron chi connectivity index (χ1n) is 5.02. The predicted molar refractivity (Wildman–Crippen MR) is 69.7 cm³/mol. The van der Waals surface area contributed by atoms with Crippen LogP contribution in [0.5, 0.6) is 5.75 Å². The average molecular weight is 334 g/mol. The number of ether oxygens (including phenoxy) is 1. The highest BCUT2D eigenvalue weighted by atomic mass is 79.9. The summed E-state index contributed by atoms with van der Waals surface area (Å²) >= 11 is 3.27. The molecule has 0 saturated carbocycles. The Kier molecular flexibility index (Phi) is 5.14. The van der Waals surface area contributed by atoms with Gasteiger partial charge in [-0.15, -0.1) is 0 Å². The van der Waals surface area contributed by atoms with E-state index in [0.29, 0.717) is 11.3 Å². The predicted octanol–water partition coefficient (Wildman–Crippen LogP) is 2.06. The summed E-state index contributed by atoms with van der Waals surface area (Å²) in [6, 6.07) is 6.98. The molecule has 0 aliphatic carbocycles. The van der Waals surface area contributed by atoms with Crippen molar-refractivity contribution in [3.8, 4) is 11.8 Å². The maximum Gasteiger partial charge on any atom is 0.264 e. The summed E-state index contributed by atoms with van der Waals surface area (Å²) < 4.78 is 32.5. The average Bonchev–Trinajstić information content (AvgIpc) is 2.26. The fraction of sp³-hybridized carbons (Fsp3) is 0.364. The highest BCUT2D eigenvalue weighted by Crippen LogP contribution is 2.24. The molecule has 0 spiro atoms. The molecule has 0 N–H and O–H groups in total. The van der Waals surface area contributed by atoms with Gasteiger partial charge in [-0.1, -0.05) is 15.9 Å². The fourth-order valence-electron chi connectivity index (χ4n) is 1.16. The molecule has 0 unspecified atom stereocenters. The van der Waals surface area contributed by atoms with Crippen molar-refractivity contribution in [1.82, 2.24) is 0 Å². The Morgan fingerprint density at radius 3 is 2.72 bits per heavy atom. The van der Waals surface area contributed by atoms with Gasteiger partial charge in [0.25, 0.3) is 10.1 Å². The van der Waals surface area contributed by atoms with E-state index in [2.05, 4.69) is 20.1 Å². The molecular weight excluding hydrogens is 322 g/mol. The third kappa shape index (κ3) is 5.04. The van der Waals surface area contributed by atoms with Crippen LogP contribution in [0.3, 0.4) is 0 Å². The second-order valence-corrected chi connectivity index (χ2v) is 6.23. The van der Waals surface area contributed by atoms with Crippen LogP contribution < -0.4 is 4.74 Å². The third-order valence-electron chi connectivity index (χ3n) is 1.91. The minimum atomic E-state index is -3.49. The summed E-state index contributed by atoms with van der Waals surface area (Å²) in [5.41, 5.74) is 0.379. The Labute approximate surface area is 115 Å². The molecule has 0 saturated heterocycles. The maximum atomic E-state index is 10.8. The lowest BCUT2D eigenvalue weighted by atomic mass is 10.2. The molecule has 0 aliphatic heterocycles. The molecular formula is C11H12BrNO4S. The Balaban J connectivity index is 2.73. The number of nitriles is 1. The van der Waals surface area contributed by atoms with E-state index in [4.69, 9.17) is 10.00 Å². The Hall–Kier alpha value is -1.10. The zero-order valence-electron chi connectivity index (χ0n) is 9.88. The fourth-order valence-corrected chi connectivity index (χ4v) is 1.94. The molecule has 0 aromatic heterocycles. The van der Waals surface area contributed by atoms with Gasteiger partial charge in [-0.2, -0.15) is 13.7 Å². The van der Waals surface area contributed by atoms with Crippen molar-refractivity contribution in [3.63, 3.8) is 0 Å². The van der Waals surface area contributed by atoms with E-state index in [1.54, 1.807) is 25.1 Å². The van der Waals surface area contributed by atoms with Gasteiger partial charge in [0.1, 0.15) is 24.5 Å². The van der Waals surface area contributed by atoms with Gasteiger partial charge < -0.3 is 4.74 Å². The smallest absolute Gasteiger partial charge is 0.264 e. The first-order valence-corrected chi connectivity index (χ1v) is 7.63. The first kappa shape index (κ1) is 15.0. The lowest BCUT2D eigenvalue weighted by Gasteiger charge is -2.15. The number of nitrogens with zero attached hydrogens (tertiary/aromatic N) is 1. The molecule has 7 heteroatoms. The largest absolute Gasteiger partial charge is 0.487 e. The topological polar surface area (TPSA) is 76.4 Å². The highest BCUT2D eigenvalue weighted by molar-refractivity contribution is 9.10. The third-order valence-corrected chi connectivity index (χ3v) is 2.97. The van der Waals surface area contributed by atoms with Crippen LogP contribution in [-0.2, 0) is 14.3 Å². The monoisotopic (exact) mass is 333 g/mol. The van der Waals surface area contributed by atoms with Gasteiger partial charge in [0.15, 0.2) is 0 Å². The number of hydrogen-bond acceptors (Lipinski definition) is 5. The lowest BCUT2D eigenvalue weighted by Crippen LogP contribution is -2.21. The Bertz CT molecular complexity index is 565. The second kappa shape index (κ2) is 6.18. The highest BCUT2D eigenvalue weighted by Gasteiger charge is 2.12. The first-order chi connectivity index (χ1) is 8.31. The summed E-state index contributed by atoms with van der Waals surface area (Å²) in [6.45, 7) is 1.56. The molecule has 5 nitrogen and oxygen atoms in total. The molecule has 1 aromatic carbocycles. The molecule has 0 fully saturated rings. The number of halogens is 1. The summed E-state index contributed by atoms with van der Waals surface area (Å²) in [5.74, 6) is 0.386. The van der Waals surface area contributed by atoms with Crippen molar-refractivity contribution in [1.29, 1.82) is 5.26 Å². The minimum absolute atomic E-state index is 0.101. The lowest BCUT2D eigenvalue weighted by molar-refractivity contribution is 0.147. The molecule has 1 aromatic rings. The van der Waals surface area contributed by atoms with Gasteiger partial charge in [0, 0.05) is 4.47 Å². The van der Waals surface area contributed by atoms with E-state index in [1.807, 2.05) is 6.07 Å². The minimum Gasteiger partial charge on any atom is -0.487 e. The molecule has 1 atom stereocenters. The van der Waals surface area contributed by atoms with Crippen LogP contribution in [0.15, 0.2) is 22.7 Å². The number of benzene rings is 1. The van der Waals surface area contributed by atoms with Gasteiger partial charge in [-0.05, 0) is 25.1 Å². The molecule has 0 amide bonds. The molecule has 1 rings (SSSR count). The summed E-state index contributed by atoms with van der Waals surface area (Å²) in [4.78, 5) is 0. The SMILES string of the molecule is C[C@@H](COS(C)(=O)=O)Oc1cc(Br)ccc1C#N. The van der Waals surface area contributed by atoms with Crippen molar-refractivity contribution in [2.75, 3.05) is 12.9 Å². The van der Waals surface area contributed by atoms with Gasteiger partial charge in [0.2, 0.25) is 0 Å². The van der Waals surface area contributed by atoms with E-state index < -0.39 is 16.2 Å². The van der Waals surface area contributed by atoms with Crippen LogP contribution in [0.25, 0.3) is 0 Å². The normalized spacial score (nSPS) is 12.8. The Morgan fingerprint density at radius 2 is 2.17 bits per heavy atom. The zero-order chi connectivity index (χ0) is 13.8. The standard InChI is InChI=1S/C11H12BrNO4S/c1-8(7-16-18(2,14)15)17-11-5-10(12)4-3-9(11)6-13/h3-5,8H,7H2,1-2H3/t8-/m0/s1. The summed E-state index contributed by atoms with van der Waals surface area (Å²) in [5, 5.41) is 8.91. The van der Waals surface area contributed by atoms with E-state index in [-0.39, 0.29) is 6.61 Å². The molecule has 0 bridgehead atoms. The van der Waals surface area contributed by atoms with Gasteiger partial charge >= 0.3 is 0 Å². The molecule has 0 radical (unpaired) electrons. The van der Waals surface area contributed by atoms with Crippen molar-refractivity contribution in [2.24, 2.45) is 0 Å². The Morgan fingerprint density at radius 1 is 1.50 bits per heavy atom. The molecule has 0 aliphatic rings. The zero-order valence-corrected chi connectivity index (χ0v) is 12.3. The molecule has 18 heavy (non-hydrogen) atoms. The van der Waals surface area contributed by atoms with E-state index in [1.165, 1.54) is 0 Å². The second-order valence-electron chi connectivity index (χ2n) is 3.67. The number of hydrogen-bond donors (Lipinski definition) is 0. The molecule has 98 valence electrons. The van der Waals surface area contributed by atoms with Crippen LogP contribution >= 0.6 is 15.9 Å². The van der Waals surface area contributed by atoms with Gasteiger partial charge in [0.05, 0.1) is 11.8 Å². The van der Waals surface area contributed by atoms with Crippen molar-refractivity contribution in [3.05, 3.63) is 28.2 Å². The van der Waals surface area contributed by atoms with Gasteiger partial charge in [-0.3, -0.25) is 4.18 Å². The maximum absolute atomic E-state index is 10.8. The molecule has 0 heterocycles. The van der Waals surface area contributed by atoms with E-state index in [0.717, 1.165) is 10.7 Å². The quantitative estimate of drug-likeness (QED) is 0.771. The van der Waals surface area contributed by atoms with E-state index in [9.17, 15) is 8.42 Å². The van der Waals surface area contributed by atoms with Crippen molar-refractivity contribution < 1.29 is 17.3 Å². The van der Waals surface area contributed by atoms with Crippen LogP contribution in [0, 0.1) is 11.3 Å². The summed E-state index contributed by atoms with van der Waals surface area (Å²) in [7, 11) is -3.49. The van der Waals surface area contributed by atoms with Crippen LogP contribution in [0.2, 0.25) is 0 Å². The summed E-state index contributed by atoms with van der Waals surface area (Å²) in [6.07, 6.45) is 0.487. The van der Waals surface area contributed by atoms with Crippen molar-refractivity contribution in [2.45, 2.75) is 13.0 Å². The van der Waals surface area contributed by atoms with Gasteiger partial charge in [-0.25, -0.2) is 0 Å².